The van der Waals surface area contributed by atoms with E-state index in [2.05, 4.69) is 11.9 Å². The summed E-state index contributed by atoms with van der Waals surface area (Å²) in [4.78, 5) is 18.1. The highest BCUT2D eigenvalue weighted by Crippen LogP contribution is 2.18. The Balaban J connectivity index is 2.14. The Kier molecular flexibility index (Phi) is 3.33. The number of aromatic nitrogens is 1. The van der Waals surface area contributed by atoms with Crippen LogP contribution in [0.1, 0.15) is 17.4 Å². The van der Waals surface area contributed by atoms with Crippen molar-refractivity contribution < 1.29 is 4.79 Å². The minimum Gasteiger partial charge on any atom is -0.397 e. The second kappa shape index (κ2) is 4.74. The fraction of sp³-hybridized carbons (Fsp3) is 0.455. The van der Waals surface area contributed by atoms with Crippen LogP contribution in [0.4, 0.5) is 5.69 Å². The standard InChI is InChI=1S/C11H15N3OS/c1-8-7-16-5-4-14(8)11(15)10-3-2-9(12)6-13-10/h2-3,6,8H,4-5,7,12H2,1H3. The predicted molar refractivity (Wildman–Crippen MR) is 66.5 cm³/mol. The van der Waals surface area contributed by atoms with Crippen LogP contribution in [0.2, 0.25) is 0 Å². The van der Waals surface area contributed by atoms with Gasteiger partial charge >= 0.3 is 0 Å². The summed E-state index contributed by atoms with van der Waals surface area (Å²) in [5.74, 6) is 2.01. The van der Waals surface area contributed by atoms with Gasteiger partial charge in [-0.25, -0.2) is 4.98 Å². The molecule has 0 aromatic carbocycles. The molecule has 0 saturated carbocycles. The van der Waals surface area contributed by atoms with E-state index in [-0.39, 0.29) is 11.9 Å². The fourth-order valence-electron chi connectivity index (χ4n) is 1.71. The smallest absolute Gasteiger partial charge is 0.272 e. The number of rotatable bonds is 1. The number of amides is 1. The van der Waals surface area contributed by atoms with E-state index < -0.39 is 0 Å². The third kappa shape index (κ3) is 2.29. The summed E-state index contributed by atoms with van der Waals surface area (Å²) < 4.78 is 0. The van der Waals surface area contributed by atoms with Crippen LogP contribution in [0.25, 0.3) is 0 Å². The van der Waals surface area contributed by atoms with Crippen LogP contribution >= 0.6 is 11.8 Å². The molecule has 5 heteroatoms. The zero-order valence-corrected chi connectivity index (χ0v) is 10.0. The Morgan fingerprint density at radius 3 is 3.06 bits per heavy atom. The van der Waals surface area contributed by atoms with Crippen LogP contribution in [0.15, 0.2) is 18.3 Å². The van der Waals surface area contributed by atoms with Crippen molar-refractivity contribution in [1.82, 2.24) is 9.88 Å². The van der Waals surface area contributed by atoms with Gasteiger partial charge in [0.1, 0.15) is 5.69 Å². The molecular formula is C11H15N3OS. The Morgan fingerprint density at radius 1 is 1.62 bits per heavy atom. The maximum atomic E-state index is 12.1. The molecule has 2 N–H and O–H groups in total. The largest absolute Gasteiger partial charge is 0.397 e. The zero-order chi connectivity index (χ0) is 11.5. The summed E-state index contributed by atoms with van der Waals surface area (Å²) in [6.07, 6.45) is 1.52. The Morgan fingerprint density at radius 2 is 2.44 bits per heavy atom. The Hall–Kier alpha value is -1.23. The summed E-state index contributed by atoms with van der Waals surface area (Å²) in [6, 6.07) is 3.68. The second-order valence-corrected chi connectivity index (χ2v) is 5.05. The molecule has 0 aliphatic carbocycles. The van der Waals surface area contributed by atoms with Crippen molar-refractivity contribution >= 4 is 23.4 Å². The van der Waals surface area contributed by atoms with Gasteiger partial charge in [-0.1, -0.05) is 0 Å². The number of pyridine rings is 1. The van der Waals surface area contributed by atoms with Gasteiger partial charge in [0.25, 0.3) is 5.91 Å². The quantitative estimate of drug-likeness (QED) is 0.798. The lowest BCUT2D eigenvalue weighted by molar-refractivity contribution is 0.0710. The first-order chi connectivity index (χ1) is 7.68. The molecule has 1 fully saturated rings. The van der Waals surface area contributed by atoms with E-state index in [9.17, 15) is 4.79 Å². The molecule has 1 unspecified atom stereocenters. The number of carbonyl (C=O) groups excluding carboxylic acids is 1. The third-order valence-corrected chi connectivity index (χ3v) is 3.82. The molecule has 4 nitrogen and oxygen atoms in total. The molecule has 16 heavy (non-hydrogen) atoms. The van der Waals surface area contributed by atoms with E-state index in [0.717, 1.165) is 18.1 Å². The summed E-state index contributed by atoms with van der Waals surface area (Å²) in [5.41, 5.74) is 6.60. The molecule has 0 bridgehead atoms. The maximum absolute atomic E-state index is 12.1. The monoisotopic (exact) mass is 237 g/mol. The number of thioether (sulfide) groups is 1. The molecule has 1 aromatic rings. The zero-order valence-electron chi connectivity index (χ0n) is 9.22. The Labute approximate surface area is 99.2 Å². The second-order valence-electron chi connectivity index (χ2n) is 3.90. The first-order valence-corrected chi connectivity index (χ1v) is 6.44. The van der Waals surface area contributed by atoms with Gasteiger partial charge in [0.2, 0.25) is 0 Å². The molecule has 2 heterocycles. The molecule has 0 radical (unpaired) electrons. The van der Waals surface area contributed by atoms with Crippen molar-refractivity contribution in [2.45, 2.75) is 13.0 Å². The van der Waals surface area contributed by atoms with E-state index >= 15 is 0 Å². The number of nitrogens with zero attached hydrogens (tertiary/aromatic N) is 2. The number of nitrogen functional groups attached to an aromatic ring is 1. The number of nitrogens with two attached hydrogens (primary N) is 1. The highest BCUT2D eigenvalue weighted by molar-refractivity contribution is 7.99. The van der Waals surface area contributed by atoms with Crippen molar-refractivity contribution in [1.29, 1.82) is 0 Å². The van der Waals surface area contributed by atoms with Crippen molar-refractivity contribution in [2.24, 2.45) is 0 Å². The minimum atomic E-state index is 0.00722. The van der Waals surface area contributed by atoms with Gasteiger partial charge in [-0.15, -0.1) is 0 Å². The molecule has 86 valence electrons. The third-order valence-electron chi connectivity index (χ3n) is 2.63. The molecule has 0 spiro atoms. The first kappa shape index (κ1) is 11.3. The highest BCUT2D eigenvalue weighted by atomic mass is 32.2. The number of hydrogen-bond acceptors (Lipinski definition) is 4. The van der Waals surface area contributed by atoms with E-state index in [0.29, 0.717) is 11.4 Å². The van der Waals surface area contributed by atoms with Gasteiger partial charge < -0.3 is 10.6 Å². The average molecular weight is 237 g/mol. The lowest BCUT2D eigenvalue weighted by atomic mass is 10.2. The molecular weight excluding hydrogens is 222 g/mol. The van der Waals surface area contributed by atoms with Crippen molar-refractivity contribution in [2.75, 3.05) is 23.8 Å². The first-order valence-electron chi connectivity index (χ1n) is 5.28. The summed E-state index contributed by atoms with van der Waals surface area (Å²) in [5, 5.41) is 0. The van der Waals surface area contributed by atoms with E-state index in [1.54, 1.807) is 12.1 Å². The van der Waals surface area contributed by atoms with Crippen molar-refractivity contribution in [3.63, 3.8) is 0 Å². The van der Waals surface area contributed by atoms with Crippen molar-refractivity contribution in [3.8, 4) is 0 Å². The van der Waals surface area contributed by atoms with Gasteiger partial charge in [-0.05, 0) is 19.1 Å². The van der Waals surface area contributed by atoms with Crippen molar-refractivity contribution in [3.05, 3.63) is 24.0 Å². The van der Waals surface area contributed by atoms with Gasteiger partial charge in [0, 0.05) is 24.1 Å². The lowest BCUT2D eigenvalue weighted by Crippen LogP contribution is -2.44. The summed E-state index contributed by atoms with van der Waals surface area (Å²) >= 11 is 1.89. The highest BCUT2D eigenvalue weighted by Gasteiger charge is 2.25. The molecule has 1 aliphatic heterocycles. The Bertz CT molecular complexity index is 379. The molecule has 1 amide bonds. The SMILES string of the molecule is CC1CSCCN1C(=O)c1ccc(N)cn1. The number of anilines is 1. The average Bonchev–Trinajstić information content (AvgIpc) is 2.30. The molecule has 2 rings (SSSR count). The van der Waals surface area contributed by atoms with Gasteiger partial charge in [-0.2, -0.15) is 11.8 Å². The predicted octanol–water partition coefficient (Wildman–Crippen LogP) is 1.24. The normalized spacial score (nSPS) is 20.8. The number of hydrogen-bond donors (Lipinski definition) is 1. The molecule has 1 aliphatic rings. The van der Waals surface area contributed by atoms with Crippen LogP contribution in [0.3, 0.4) is 0 Å². The minimum absolute atomic E-state index is 0.00722. The maximum Gasteiger partial charge on any atom is 0.272 e. The van der Waals surface area contributed by atoms with E-state index in [4.69, 9.17) is 5.73 Å². The fourth-order valence-corrected chi connectivity index (χ4v) is 2.72. The van der Waals surface area contributed by atoms with Gasteiger partial charge in [0.15, 0.2) is 0 Å². The van der Waals surface area contributed by atoms with Crippen LogP contribution in [0.5, 0.6) is 0 Å². The van der Waals surface area contributed by atoms with Crippen LogP contribution in [0, 0.1) is 0 Å². The van der Waals surface area contributed by atoms with Gasteiger partial charge in [-0.3, -0.25) is 4.79 Å². The van der Waals surface area contributed by atoms with Crippen LogP contribution in [-0.4, -0.2) is 39.9 Å². The van der Waals surface area contributed by atoms with E-state index in [1.165, 1.54) is 6.20 Å². The molecule has 1 saturated heterocycles. The number of carbonyl (C=O) groups is 1. The summed E-state index contributed by atoms with van der Waals surface area (Å²) in [6.45, 7) is 2.87. The molecule has 1 atom stereocenters. The summed E-state index contributed by atoms with van der Waals surface area (Å²) in [7, 11) is 0. The topological polar surface area (TPSA) is 59.2 Å². The van der Waals surface area contributed by atoms with E-state index in [1.807, 2.05) is 16.7 Å². The van der Waals surface area contributed by atoms with Gasteiger partial charge in [0.05, 0.1) is 11.9 Å². The lowest BCUT2D eigenvalue weighted by Gasteiger charge is -2.32. The molecule has 1 aromatic heterocycles. The van der Waals surface area contributed by atoms with Crippen LogP contribution < -0.4 is 5.73 Å². The van der Waals surface area contributed by atoms with Crippen LogP contribution in [-0.2, 0) is 0 Å².